The van der Waals surface area contributed by atoms with E-state index in [4.69, 9.17) is 15.3 Å². The van der Waals surface area contributed by atoms with Crippen LogP contribution in [0.5, 0.6) is 0 Å². The number of rotatable bonds is 0. The third kappa shape index (κ3) is 145. The van der Waals surface area contributed by atoms with Crippen LogP contribution in [0, 0.1) is 0 Å². The van der Waals surface area contributed by atoms with Crippen LogP contribution in [-0.2, 0) is 105 Å². The second-order valence-corrected chi connectivity index (χ2v) is 0. The average Bonchev–Trinajstić information content (AvgIpc) is 2.03. The fourth-order valence-corrected chi connectivity index (χ4v) is 0. The minimum Gasteiger partial charge on any atom is 4.00 e. The molecule has 0 rings (SSSR count). The molecule has 9 heavy (non-hydrogen) atoms. The maximum atomic E-state index is 7.81. The monoisotopic (exact) mass is 406 g/mol. The summed E-state index contributed by atoms with van der Waals surface area (Å²) in [5.41, 5.74) is 0. The molecule has 0 heterocycles. The van der Waals surface area contributed by atoms with Crippen LogP contribution in [0.25, 0.3) is 0 Å². The first kappa shape index (κ1) is 30.4. The van der Waals surface area contributed by atoms with Crippen LogP contribution < -0.4 is 0 Å². The van der Waals surface area contributed by atoms with Crippen molar-refractivity contribution in [3.63, 3.8) is 0 Å². The Morgan fingerprint density at radius 1 is 0.444 bits per heavy atom. The topological polar surface area (TPSA) is 68.3 Å². The molecule has 0 saturated heterocycles. The van der Waals surface area contributed by atoms with Crippen LogP contribution in [0.15, 0.2) is 0 Å². The Bertz CT molecular complexity index is 20.5. The molecule has 0 aromatic carbocycles. The summed E-state index contributed by atoms with van der Waals surface area (Å²) >= 11 is 11.8. The SMILES string of the molecule is [O]=[Cu-].[O]=[Cu-].[O]=[Cu-].[O]=[Cu-].[Zr+4]. The predicted octanol–water partition coefficient (Wildman–Crippen LogP) is -0.488. The quantitative estimate of drug-likeness (QED) is 0.507. The van der Waals surface area contributed by atoms with Crippen molar-refractivity contribution in [2.24, 2.45) is 0 Å². The normalized spacial score (nSPS) is 2.67. The molecule has 0 aliphatic heterocycles. The van der Waals surface area contributed by atoms with Gasteiger partial charge in [0.05, 0.1) is 0 Å². The molecule has 0 saturated carbocycles. The third-order valence-corrected chi connectivity index (χ3v) is 0. The zero-order valence-electron chi connectivity index (χ0n) is 3.34. The number of hydrogen-bond acceptors (Lipinski definition) is 4. The van der Waals surface area contributed by atoms with Gasteiger partial charge in [0, 0.05) is 0 Å². The molecule has 0 unspecified atom stereocenters. The van der Waals surface area contributed by atoms with E-state index in [0.717, 1.165) is 0 Å². The van der Waals surface area contributed by atoms with Crippen molar-refractivity contribution >= 4 is 0 Å². The molecule has 0 spiro atoms. The first-order valence-corrected chi connectivity index (χ1v) is 2.03. The van der Waals surface area contributed by atoms with Crippen molar-refractivity contribution in [3.8, 4) is 0 Å². The van der Waals surface area contributed by atoms with Gasteiger partial charge in [-0.3, -0.25) is 0 Å². The van der Waals surface area contributed by atoms with Crippen molar-refractivity contribution in [1.29, 1.82) is 0 Å². The van der Waals surface area contributed by atoms with Crippen molar-refractivity contribution in [2.45, 2.75) is 0 Å². The van der Waals surface area contributed by atoms with Crippen molar-refractivity contribution in [3.05, 3.63) is 0 Å². The molecule has 0 aliphatic carbocycles. The fourth-order valence-electron chi connectivity index (χ4n) is 0. The van der Waals surface area contributed by atoms with Crippen LogP contribution in [0.4, 0.5) is 0 Å². The van der Waals surface area contributed by atoms with E-state index in [1.807, 2.05) is 0 Å². The second-order valence-electron chi connectivity index (χ2n) is 0. The summed E-state index contributed by atoms with van der Waals surface area (Å²) in [6.45, 7) is 0. The van der Waals surface area contributed by atoms with E-state index < -0.39 is 0 Å². The minimum atomic E-state index is 0. The summed E-state index contributed by atoms with van der Waals surface area (Å²) in [7, 11) is 0. The zero-order chi connectivity index (χ0) is 8.00. The summed E-state index contributed by atoms with van der Waals surface area (Å²) in [5, 5.41) is 0. The molecule has 0 fully saturated rings. The first-order valence-electron chi connectivity index (χ1n) is 0.492. The molecule has 0 radical (unpaired) electrons. The van der Waals surface area contributed by atoms with E-state index in [2.05, 4.69) is 63.8 Å². The van der Waals surface area contributed by atoms with E-state index in [1.54, 1.807) is 0 Å². The smallest absolute Gasteiger partial charge is 4.00 e. The summed E-state index contributed by atoms with van der Waals surface area (Å²) in [6, 6.07) is 0. The molecule has 9 heteroatoms. The molecule has 0 amide bonds. The van der Waals surface area contributed by atoms with Crippen molar-refractivity contribution < 1.29 is 105 Å². The molecule has 0 aliphatic rings. The fraction of sp³-hybridized carbons (Fsp3) is 0. The van der Waals surface area contributed by atoms with E-state index in [-0.39, 0.29) is 26.2 Å². The molecule has 0 N–H and O–H groups in total. The van der Waals surface area contributed by atoms with Crippen LogP contribution >= 0.6 is 0 Å². The van der Waals surface area contributed by atoms with E-state index in [9.17, 15) is 0 Å². The molecular weight excluding hydrogens is 409 g/mol. The minimum absolute atomic E-state index is 0. The third-order valence-electron chi connectivity index (χ3n) is 0. The Labute approximate surface area is 104 Å². The molecule has 0 aromatic rings. The van der Waals surface area contributed by atoms with Gasteiger partial charge in [0.2, 0.25) is 0 Å². The summed E-state index contributed by atoms with van der Waals surface area (Å²) in [6.07, 6.45) is 0. The van der Waals surface area contributed by atoms with Gasteiger partial charge in [-0.05, 0) is 0 Å². The van der Waals surface area contributed by atoms with Crippen LogP contribution in [-0.4, -0.2) is 0 Å². The summed E-state index contributed by atoms with van der Waals surface area (Å²) in [5.74, 6) is 0. The van der Waals surface area contributed by atoms with Crippen molar-refractivity contribution in [1.82, 2.24) is 0 Å². The van der Waals surface area contributed by atoms with Crippen LogP contribution in [0.2, 0.25) is 0 Å². The molecule has 0 aromatic heterocycles. The molecule has 0 bridgehead atoms. The molecule has 4 nitrogen and oxygen atoms in total. The van der Waals surface area contributed by atoms with E-state index in [1.165, 1.54) is 0 Å². The molecular formula is Cu4O4Zr. The van der Waals surface area contributed by atoms with Gasteiger partial charge in [-0.2, -0.15) is 0 Å². The van der Waals surface area contributed by atoms with Gasteiger partial charge in [0.15, 0.2) is 0 Å². The summed E-state index contributed by atoms with van der Waals surface area (Å²) in [4.78, 5) is 0. The van der Waals surface area contributed by atoms with Crippen LogP contribution in [0.3, 0.4) is 0 Å². The van der Waals surface area contributed by atoms with Gasteiger partial charge < -0.3 is 0 Å². The zero-order valence-corrected chi connectivity index (χ0v) is 9.56. The number of hydrogen-bond donors (Lipinski definition) is 0. The molecule has 72 valence electrons. The summed E-state index contributed by atoms with van der Waals surface area (Å²) < 4.78 is 31.2. The van der Waals surface area contributed by atoms with Crippen molar-refractivity contribution in [2.75, 3.05) is 0 Å². The maximum Gasteiger partial charge on any atom is 4.00 e. The Kier molecular flexibility index (Phi) is 616. The molecule has 0 atom stereocenters. The van der Waals surface area contributed by atoms with Gasteiger partial charge in [-0.15, -0.1) is 0 Å². The Morgan fingerprint density at radius 2 is 0.444 bits per heavy atom. The second kappa shape index (κ2) is 183. The standard InChI is InChI=1S/4Cu.4O.Zr/q4*-1;;;;;+4. The van der Waals surface area contributed by atoms with E-state index in [0.29, 0.717) is 0 Å². The van der Waals surface area contributed by atoms with Gasteiger partial charge in [-0.25, -0.2) is 0 Å². The van der Waals surface area contributed by atoms with Gasteiger partial charge in [0.1, 0.15) is 0 Å². The van der Waals surface area contributed by atoms with Gasteiger partial charge in [0.25, 0.3) is 0 Å². The van der Waals surface area contributed by atoms with Crippen LogP contribution in [0.1, 0.15) is 0 Å². The first-order chi connectivity index (χ1) is 4.00. The van der Waals surface area contributed by atoms with E-state index >= 15 is 0 Å². The Morgan fingerprint density at radius 3 is 0.444 bits per heavy atom. The largest absolute Gasteiger partial charge is 4.00 e. The predicted molar refractivity (Wildman–Crippen MR) is 2.75 cm³/mol. The van der Waals surface area contributed by atoms with Gasteiger partial charge in [-0.1, -0.05) is 0 Å². The Balaban J connectivity index is -0.00000000762. The maximum absolute atomic E-state index is 7.81. The van der Waals surface area contributed by atoms with Gasteiger partial charge >= 0.3 is 105 Å². The average molecular weight is 409 g/mol. The Hall–Kier alpha value is 2.16.